The van der Waals surface area contributed by atoms with Gasteiger partial charge in [-0.1, -0.05) is 18.2 Å². The topological polar surface area (TPSA) is 104 Å². The van der Waals surface area contributed by atoms with E-state index in [4.69, 9.17) is 9.31 Å². The maximum Gasteiger partial charge on any atom is 0.494 e. The fourth-order valence-electron chi connectivity index (χ4n) is 4.31. The molecule has 2 aromatic rings. The molecule has 0 saturated carbocycles. The first-order chi connectivity index (χ1) is 16.8. The zero-order valence-electron chi connectivity index (χ0n) is 22.0. The molecule has 0 unspecified atom stereocenters. The molecule has 2 aliphatic heterocycles. The molecule has 0 spiro atoms. The van der Waals surface area contributed by atoms with Gasteiger partial charge in [-0.25, -0.2) is 4.98 Å². The molecule has 2 amide bonds. The van der Waals surface area contributed by atoms with E-state index in [-0.39, 0.29) is 18.4 Å². The van der Waals surface area contributed by atoms with Gasteiger partial charge >= 0.3 is 7.12 Å². The Balaban J connectivity index is 1.47. The minimum Gasteiger partial charge on any atom is -0.399 e. The van der Waals surface area contributed by atoms with Gasteiger partial charge in [0.25, 0.3) is 5.91 Å². The van der Waals surface area contributed by atoms with Crippen molar-refractivity contribution < 1.29 is 24.0 Å². The van der Waals surface area contributed by atoms with E-state index in [1.165, 1.54) is 4.90 Å². The van der Waals surface area contributed by atoms with Crippen LogP contribution in [0.3, 0.4) is 0 Å². The number of pyridine rings is 1. The first kappa shape index (κ1) is 26.1. The molecule has 0 aliphatic carbocycles. The first-order valence-electron chi connectivity index (χ1n) is 12.2. The monoisotopic (exact) mass is 494 g/mol. The molecule has 0 bridgehead atoms. The number of aromatic nitrogens is 1. The van der Waals surface area contributed by atoms with Gasteiger partial charge in [-0.15, -0.1) is 0 Å². The van der Waals surface area contributed by atoms with Gasteiger partial charge in [-0.05, 0) is 63.8 Å². The van der Waals surface area contributed by atoms with E-state index < -0.39 is 30.4 Å². The molecule has 2 N–H and O–H groups in total. The second-order valence-corrected chi connectivity index (χ2v) is 10.7. The summed E-state index contributed by atoms with van der Waals surface area (Å²) in [7, 11) is 3.17. The van der Waals surface area contributed by atoms with Crippen molar-refractivity contribution in [2.75, 3.05) is 25.6 Å². The van der Waals surface area contributed by atoms with Crippen molar-refractivity contribution in [1.29, 1.82) is 0 Å². The zero-order chi connectivity index (χ0) is 26.4. The average Bonchev–Trinajstić information content (AvgIpc) is 3.27. The van der Waals surface area contributed by atoms with Crippen LogP contribution in [0.1, 0.15) is 62.3 Å². The normalized spacial score (nSPS) is 19.7. The van der Waals surface area contributed by atoms with E-state index in [1.54, 1.807) is 19.1 Å². The lowest BCUT2D eigenvalue weighted by atomic mass is 9.78. The molecule has 1 aromatic carbocycles. The van der Waals surface area contributed by atoms with Crippen molar-refractivity contribution in [3.8, 4) is 0 Å². The number of nitrogens with one attached hydrogen (secondary N) is 1. The first-order valence-corrected chi connectivity index (χ1v) is 12.2. The molecule has 1 aromatic heterocycles. The van der Waals surface area contributed by atoms with Gasteiger partial charge in [0.2, 0.25) is 5.91 Å². The lowest BCUT2D eigenvalue weighted by molar-refractivity contribution is -0.126. The third kappa shape index (κ3) is 4.72. The Kier molecular flexibility index (Phi) is 6.89. The number of rotatable bonds is 7. The van der Waals surface area contributed by atoms with Crippen molar-refractivity contribution in [1.82, 2.24) is 15.2 Å². The molecule has 2 atom stereocenters. The number of hydrogen-bond donors (Lipinski definition) is 2. The molecular formula is C26H35BN4O5. The van der Waals surface area contributed by atoms with E-state index in [1.807, 2.05) is 71.0 Å². The third-order valence-corrected chi connectivity index (χ3v) is 7.41. The maximum absolute atomic E-state index is 13.3. The van der Waals surface area contributed by atoms with Crippen LogP contribution in [0.5, 0.6) is 0 Å². The van der Waals surface area contributed by atoms with Crippen LogP contribution in [0.15, 0.2) is 36.4 Å². The molecule has 9 nitrogen and oxygen atoms in total. The highest BCUT2D eigenvalue weighted by Crippen LogP contribution is 2.37. The van der Waals surface area contributed by atoms with Crippen LogP contribution in [0, 0.1) is 0 Å². The highest BCUT2D eigenvalue weighted by molar-refractivity contribution is 6.62. The minimum atomic E-state index is -0.740. The van der Waals surface area contributed by atoms with Crippen LogP contribution >= 0.6 is 0 Å². The molecule has 0 radical (unpaired) electrons. The molecule has 4 rings (SSSR count). The Morgan fingerprint density at radius 2 is 1.86 bits per heavy atom. The lowest BCUT2D eigenvalue weighted by Gasteiger charge is -2.32. The smallest absolute Gasteiger partial charge is 0.399 e. The van der Waals surface area contributed by atoms with Crippen LogP contribution in [-0.4, -0.2) is 71.9 Å². The molecule has 3 heterocycles. The summed E-state index contributed by atoms with van der Waals surface area (Å²) in [5.74, 6) is 0.133. The van der Waals surface area contributed by atoms with Gasteiger partial charge in [0.05, 0.1) is 29.5 Å². The van der Waals surface area contributed by atoms with Crippen molar-refractivity contribution >= 4 is 30.2 Å². The summed E-state index contributed by atoms with van der Waals surface area (Å²) in [6, 6.07) is 9.62. The molecule has 2 aliphatic rings. The maximum atomic E-state index is 13.3. The number of carbonyl (C=O) groups excluding carboxylic acids is 2. The largest absolute Gasteiger partial charge is 0.494 e. The Labute approximate surface area is 212 Å². The molecular weight excluding hydrogens is 459 g/mol. The molecule has 192 valence electrons. The predicted molar refractivity (Wildman–Crippen MR) is 138 cm³/mol. The number of nitrogens with zero attached hydrogens (tertiary/aromatic N) is 3. The molecule has 1 saturated heterocycles. The number of aliphatic hydroxyl groups excluding tert-OH is 1. The zero-order valence-corrected chi connectivity index (χ0v) is 22.0. The molecule has 10 heteroatoms. The van der Waals surface area contributed by atoms with Gasteiger partial charge in [-0.2, -0.15) is 0 Å². The summed E-state index contributed by atoms with van der Waals surface area (Å²) in [5.41, 5.74) is 1.74. The Morgan fingerprint density at radius 1 is 1.19 bits per heavy atom. The fourth-order valence-corrected chi connectivity index (χ4v) is 4.31. The standard InChI is InChI=1S/C26H35BN4O5/c1-16(23(33)29-21(15-32)20-9-8-10-22(28-20)30(6)7)31-14-17-11-12-18(13-19(17)24(31)34)27-35-25(2,3)26(4,5)36-27/h8-13,16,21,32H,14-15H2,1-7H3,(H,29,33)/t16-,21-/m1/s1. The number of amides is 2. The highest BCUT2D eigenvalue weighted by Gasteiger charge is 2.52. The molecule has 1 fully saturated rings. The van der Waals surface area contributed by atoms with Crippen molar-refractivity contribution in [2.45, 2.75) is 64.4 Å². The van der Waals surface area contributed by atoms with Gasteiger partial charge in [0.1, 0.15) is 11.9 Å². The van der Waals surface area contributed by atoms with E-state index in [0.717, 1.165) is 16.8 Å². The Morgan fingerprint density at radius 3 is 2.47 bits per heavy atom. The van der Waals surface area contributed by atoms with E-state index in [0.29, 0.717) is 17.8 Å². The van der Waals surface area contributed by atoms with Gasteiger partial charge in [0.15, 0.2) is 0 Å². The van der Waals surface area contributed by atoms with Crippen LogP contribution in [0.2, 0.25) is 0 Å². The average molecular weight is 494 g/mol. The number of anilines is 1. The number of hydrogen-bond acceptors (Lipinski definition) is 7. The summed E-state index contributed by atoms with van der Waals surface area (Å²) < 4.78 is 12.3. The second kappa shape index (κ2) is 9.50. The van der Waals surface area contributed by atoms with E-state index in [2.05, 4.69) is 10.3 Å². The van der Waals surface area contributed by atoms with Gasteiger partial charge in [-0.3, -0.25) is 9.59 Å². The minimum absolute atomic E-state index is 0.223. The number of carbonyl (C=O) groups is 2. The third-order valence-electron chi connectivity index (χ3n) is 7.41. The van der Waals surface area contributed by atoms with Crippen LogP contribution < -0.4 is 15.7 Å². The van der Waals surface area contributed by atoms with Gasteiger partial charge < -0.3 is 29.5 Å². The summed E-state index contributed by atoms with van der Waals surface area (Å²) in [5, 5.41) is 12.8. The van der Waals surface area contributed by atoms with Crippen molar-refractivity contribution in [2.24, 2.45) is 0 Å². The number of fused-ring (bicyclic) bond motifs is 1. The quantitative estimate of drug-likeness (QED) is 0.564. The van der Waals surface area contributed by atoms with E-state index in [9.17, 15) is 14.7 Å². The predicted octanol–water partition coefficient (Wildman–Crippen LogP) is 1.64. The highest BCUT2D eigenvalue weighted by atomic mass is 16.7. The van der Waals surface area contributed by atoms with Gasteiger partial charge in [0, 0.05) is 26.2 Å². The number of aliphatic hydroxyl groups is 1. The summed E-state index contributed by atoms with van der Waals surface area (Å²) >= 11 is 0. The van der Waals surface area contributed by atoms with Crippen molar-refractivity contribution in [3.63, 3.8) is 0 Å². The number of benzene rings is 1. The van der Waals surface area contributed by atoms with E-state index >= 15 is 0 Å². The summed E-state index contributed by atoms with van der Waals surface area (Å²) in [6.45, 7) is 9.64. The van der Waals surface area contributed by atoms with Crippen molar-refractivity contribution in [3.05, 3.63) is 53.2 Å². The Bertz CT molecular complexity index is 1150. The second-order valence-electron chi connectivity index (χ2n) is 10.7. The van der Waals surface area contributed by atoms with Crippen LogP contribution in [-0.2, 0) is 20.6 Å². The summed E-state index contributed by atoms with van der Waals surface area (Å²) in [4.78, 5) is 34.3. The van der Waals surface area contributed by atoms with Crippen LogP contribution in [0.4, 0.5) is 5.82 Å². The molecule has 36 heavy (non-hydrogen) atoms. The lowest BCUT2D eigenvalue weighted by Crippen LogP contribution is -2.47. The SMILES string of the molecule is C[C@H](C(=O)N[C@H](CO)c1cccc(N(C)C)n1)N1Cc2ccc(B3OC(C)(C)C(C)(C)O3)cc2C1=O. The summed E-state index contributed by atoms with van der Waals surface area (Å²) in [6.07, 6.45) is 0. The fraction of sp³-hybridized carbons (Fsp3) is 0.500. The Hall–Kier alpha value is -2.95. The van der Waals surface area contributed by atoms with Crippen LogP contribution in [0.25, 0.3) is 0 Å².